The number of nitrogens with two attached hydrogens (primary N) is 1. The highest BCUT2D eigenvalue weighted by atomic mass is 16.5. The average Bonchev–Trinajstić information content (AvgIpc) is 2.41. The summed E-state index contributed by atoms with van der Waals surface area (Å²) in [7, 11) is 0. The Hall–Kier alpha value is -1.43. The normalized spacial score (nSPS) is 11.9. The summed E-state index contributed by atoms with van der Waals surface area (Å²) in [6, 6.07) is 0. The topological polar surface area (TPSA) is 102 Å². The van der Waals surface area contributed by atoms with Crippen LogP contribution in [-0.4, -0.2) is 36.4 Å². The van der Waals surface area contributed by atoms with Gasteiger partial charge in [0, 0.05) is 24.1 Å². The Kier molecular flexibility index (Phi) is 9.05. The molecular formula is C17H32N2O4. The van der Waals surface area contributed by atoms with Crippen LogP contribution in [0.15, 0.2) is 0 Å². The van der Waals surface area contributed by atoms with Gasteiger partial charge in [-0.15, -0.1) is 0 Å². The fourth-order valence-corrected chi connectivity index (χ4v) is 1.60. The van der Waals surface area contributed by atoms with Gasteiger partial charge < -0.3 is 20.6 Å². The maximum atomic E-state index is 11.7. The van der Waals surface area contributed by atoms with E-state index in [2.05, 4.69) is 0 Å². The van der Waals surface area contributed by atoms with Crippen molar-refractivity contribution in [2.45, 2.75) is 72.3 Å². The second kappa shape index (κ2) is 9.65. The van der Waals surface area contributed by atoms with E-state index in [1.165, 1.54) is 0 Å². The van der Waals surface area contributed by atoms with Gasteiger partial charge in [-0.2, -0.15) is 0 Å². The van der Waals surface area contributed by atoms with Gasteiger partial charge in [0.25, 0.3) is 0 Å². The first kappa shape index (κ1) is 21.6. The van der Waals surface area contributed by atoms with E-state index in [1.54, 1.807) is 6.92 Å². The molecule has 0 atom stereocenters. The maximum absolute atomic E-state index is 11.7. The molecule has 3 N–H and O–H groups in total. The van der Waals surface area contributed by atoms with Crippen molar-refractivity contribution in [3.8, 4) is 0 Å². The van der Waals surface area contributed by atoms with Crippen LogP contribution in [0.2, 0.25) is 0 Å². The second-order valence-electron chi connectivity index (χ2n) is 7.18. The average molecular weight is 328 g/mol. The van der Waals surface area contributed by atoms with E-state index in [0.717, 1.165) is 0 Å². The summed E-state index contributed by atoms with van der Waals surface area (Å²) in [6.07, 6.45) is 2.10. The zero-order chi connectivity index (χ0) is 18.1. The number of carbonyl (C=O) groups is 2. The lowest BCUT2D eigenvalue weighted by Gasteiger charge is -2.38. The van der Waals surface area contributed by atoms with Gasteiger partial charge in [-0.05, 0) is 39.0 Å². The minimum absolute atomic E-state index is 0.158. The molecule has 0 radical (unpaired) electrons. The highest BCUT2D eigenvalue weighted by molar-refractivity contribution is 5.82. The molecule has 0 aromatic carbocycles. The Labute approximate surface area is 139 Å². The molecular weight excluding hydrogens is 296 g/mol. The van der Waals surface area contributed by atoms with E-state index >= 15 is 0 Å². The first-order valence-corrected chi connectivity index (χ1v) is 8.10. The third-order valence-electron chi connectivity index (χ3n) is 4.22. The minimum Gasteiger partial charge on any atom is -0.466 e. The van der Waals surface area contributed by atoms with Crippen LogP contribution in [0.4, 0.5) is 0 Å². The molecule has 0 unspecified atom stereocenters. The zero-order valence-corrected chi connectivity index (χ0v) is 15.2. The molecule has 134 valence electrons. The molecule has 0 bridgehead atoms. The summed E-state index contributed by atoms with van der Waals surface area (Å²) in [4.78, 5) is 23.0. The molecule has 0 amide bonds. The van der Waals surface area contributed by atoms with Crippen molar-refractivity contribution in [3.05, 3.63) is 0 Å². The lowest BCUT2D eigenvalue weighted by atomic mass is 9.72. The Balaban J connectivity index is 3.76. The molecule has 6 nitrogen and oxygen atoms in total. The Morgan fingerprint density at radius 3 is 1.87 bits per heavy atom. The largest absolute Gasteiger partial charge is 0.466 e. The maximum Gasteiger partial charge on any atom is 0.306 e. The van der Waals surface area contributed by atoms with Gasteiger partial charge in [-0.3, -0.25) is 9.59 Å². The molecule has 0 aromatic rings. The van der Waals surface area contributed by atoms with Crippen molar-refractivity contribution < 1.29 is 19.1 Å². The molecule has 0 spiro atoms. The molecule has 0 saturated heterocycles. The van der Waals surface area contributed by atoms with E-state index in [9.17, 15) is 9.59 Å². The van der Waals surface area contributed by atoms with Gasteiger partial charge in [-0.1, -0.05) is 13.8 Å². The van der Waals surface area contributed by atoms with Crippen LogP contribution in [-0.2, 0) is 19.1 Å². The number of hydrogen-bond acceptors (Lipinski definition) is 6. The number of hydrogen-bond donors (Lipinski definition) is 2. The Morgan fingerprint density at radius 2 is 1.43 bits per heavy atom. The van der Waals surface area contributed by atoms with Gasteiger partial charge in [0.05, 0.1) is 19.6 Å². The predicted molar refractivity (Wildman–Crippen MR) is 90.5 cm³/mol. The van der Waals surface area contributed by atoms with Crippen LogP contribution in [0.5, 0.6) is 0 Å². The van der Waals surface area contributed by atoms with Gasteiger partial charge in [0.2, 0.25) is 0 Å². The number of ether oxygens (including phenoxy) is 2. The minimum atomic E-state index is -0.365. The van der Waals surface area contributed by atoms with Crippen molar-refractivity contribution in [2.24, 2.45) is 11.1 Å². The molecule has 6 heteroatoms. The fraction of sp³-hybridized carbons (Fsp3) is 0.824. The molecule has 0 aromatic heterocycles. The zero-order valence-electron chi connectivity index (χ0n) is 15.2. The first-order chi connectivity index (χ1) is 10.5. The number of rotatable bonds is 11. The molecule has 0 saturated carbocycles. The molecule has 23 heavy (non-hydrogen) atoms. The molecule has 0 rings (SSSR count). The van der Waals surface area contributed by atoms with Crippen LogP contribution in [0, 0.1) is 10.8 Å². The van der Waals surface area contributed by atoms with Crippen LogP contribution >= 0.6 is 0 Å². The van der Waals surface area contributed by atoms with Crippen molar-refractivity contribution in [1.82, 2.24) is 0 Å². The van der Waals surface area contributed by atoms with Gasteiger partial charge in [0.15, 0.2) is 0 Å². The van der Waals surface area contributed by atoms with Crippen LogP contribution in [0.25, 0.3) is 0 Å². The van der Waals surface area contributed by atoms with Crippen LogP contribution in [0.1, 0.15) is 66.7 Å². The SMILES string of the molecule is CC(=N)CCC(=O)OCCCOC(=O)CCC(C)(C)C(C)(C)N. The lowest BCUT2D eigenvalue weighted by molar-refractivity contribution is -0.146. The third kappa shape index (κ3) is 10.0. The molecule has 0 fully saturated rings. The van der Waals surface area contributed by atoms with Crippen LogP contribution < -0.4 is 5.73 Å². The Morgan fingerprint density at radius 1 is 0.957 bits per heavy atom. The first-order valence-electron chi connectivity index (χ1n) is 8.10. The Bertz CT molecular complexity index is 411. The number of nitrogens with one attached hydrogen (secondary N) is 1. The van der Waals surface area contributed by atoms with Crippen molar-refractivity contribution in [1.29, 1.82) is 5.41 Å². The third-order valence-corrected chi connectivity index (χ3v) is 4.22. The summed E-state index contributed by atoms with van der Waals surface area (Å²) in [6.45, 7) is 10.1. The van der Waals surface area contributed by atoms with E-state index < -0.39 is 0 Å². The van der Waals surface area contributed by atoms with Crippen molar-refractivity contribution in [3.63, 3.8) is 0 Å². The van der Waals surface area contributed by atoms with Gasteiger partial charge in [-0.25, -0.2) is 0 Å². The summed E-state index contributed by atoms with van der Waals surface area (Å²) < 4.78 is 10.1. The summed E-state index contributed by atoms with van der Waals surface area (Å²) in [5, 5.41) is 7.23. The second-order valence-corrected chi connectivity index (χ2v) is 7.18. The molecule has 0 aliphatic heterocycles. The fourth-order valence-electron chi connectivity index (χ4n) is 1.60. The summed E-state index contributed by atoms with van der Waals surface area (Å²) in [5.41, 5.74) is 6.03. The number of esters is 2. The standard InChI is InChI=1S/C17H32N2O4/c1-13(18)7-8-14(20)22-11-6-12-23-15(21)9-10-16(2,3)17(4,5)19/h18H,6-12,19H2,1-5H3. The van der Waals surface area contributed by atoms with Crippen molar-refractivity contribution >= 4 is 17.7 Å². The molecule has 0 aliphatic carbocycles. The predicted octanol–water partition coefficient (Wildman–Crippen LogP) is 2.83. The van der Waals surface area contributed by atoms with E-state index in [-0.39, 0.29) is 42.5 Å². The monoisotopic (exact) mass is 328 g/mol. The van der Waals surface area contributed by atoms with E-state index in [4.69, 9.17) is 20.6 Å². The summed E-state index contributed by atoms with van der Waals surface area (Å²) >= 11 is 0. The highest BCUT2D eigenvalue weighted by Gasteiger charge is 2.33. The molecule has 0 aliphatic rings. The lowest BCUT2D eigenvalue weighted by Crippen LogP contribution is -2.47. The highest BCUT2D eigenvalue weighted by Crippen LogP contribution is 2.33. The molecule has 0 heterocycles. The van der Waals surface area contributed by atoms with Gasteiger partial charge >= 0.3 is 11.9 Å². The quantitative estimate of drug-likeness (QED) is 0.345. The van der Waals surface area contributed by atoms with Crippen LogP contribution in [0.3, 0.4) is 0 Å². The van der Waals surface area contributed by atoms with Crippen molar-refractivity contribution in [2.75, 3.05) is 13.2 Å². The van der Waals surface area contributed by atoms with E-state index in [0.29, 0.717) is 31.4 Å². The smallest absolute Gasteiger partial charge is 0.306 e. The summed E-state index contributed by atoms with van der Waals surface area (Å²) in [5.74, 6) is -0.581. The number of carbonyl (C=O) groups excluding carboxylic acids is 2. The van der Waals surface area contributed by atoms with E-state index in [1.807, 2.05) is 27.7 Å². The van der Waals surface area contributed by atoms with Gasteiger partial charge in [0.1, 0.15) is 0 Å².